The van der Waals surface area contributed by atoms with Crippen LogP contribution >= 0.6 is 0 Å². The monoisotopic (exact) mass is 248 g/mol. The van der Waals surface area contributed by atoms with E-state index in [1.165, 1.54) is 5.56 Å². The van der Waals surface area contributed by atoms with Crippen LogP contribution in [0.5, 0.6) is 0 Å². The Bertz CT molecular complexity index is 359. The van der Waals surface area contributed by atoms with Crippen molar-refractivity contribution in [2.45, 2.75) is 46.0 Å². The van der Waals surface area contributed by atoms with Crippen LogP contribution in [0, 0.1) is 11.8 Å². The summed E-state index contributed by atoms with van der Waals surface area (Å²) >= 11 is 0. The summed E-state index contributed by atoms with van der Waals surface area (Å²) in [5.41, 5.74) is 1.34. The van der Waals surface area contributed by atoms with Crippen LogP contribution in [0.1, 0.15) is 51.5 Å². The molecule has 0 aliphatic rings. The van der Waals surface area contributed by atoms with Gasteiger partial charge in [0.15, 0.2) is 0 Å². The standard InChI is InChI=1S/C16H24O2/c1-4-14(16(17)18)11-12(2)10-13(3)15-8-6-5-7-9-15/h5-9,12-14H,4,10-11H2,1-3H3,(H,17,18). The zero-order chi connectivity index (χ0) is 13.5. The van der Waals surface area contributed by atoms with E-state index >= 15 is 0 Å². The average Bonchev–Trinajstić information content (AvgIpc) is 2.36. The lowest BCUT2D eigenvalue weighted by atomic mass is 9.85. The van der Waals surface area contributed by atoms with E-state index in [0.717, 1.165) is 19.3 Å². The van der Waals surface area contributed by atoms with Crippen molar-refractivity contribution in [3.8, 4) is 0 Å². The zero-order valence-corrected chi connectivity index (χ0v) is 11.6. The molecule has 1 aromatic carbocycles. The number of carboxylic acids is 1. The number of hydrogen-bond acceptors (Lipinski definition) is 1. The summed E-state index contributed by atoms with van der Waals surface area (Å²) in [6.45, 7) is 6.32. The Morgan fingerprint density at radius 3 is 2.28 bits per heavy atom. The Morgan fingerprint density at radius 1 is 1.17 bits per heavy atom. The van der Waals surface area contributed by atoms with E-state index in [-0.39, 0.29) is 5.92 Å². The van der Waals surface area contributed by atoms with E-state index in [4.69, 9.17) is 5.11 Å². The van der Waals surface area contributed by atoms with Crippen molar-refractivity contribution in [1.29, 1.82) is 0 Å². The molecule has 1 rings (SSSR count). The molecule has 2 heteroatoms. The van der Waals surface area contributed by atoms with E-state index in [0.29, 0.717) is 11.8 Å². The van der Waals surface area contributed by atoms with Gasteiger partial charge in [0.1, 0.15) is 0 Å². The summed E-state index contributed by atoms with van der Waals surface area (Å²) in [5, 5.41) is 9.07. The molecule has 0 radical (unpaired) electrons. The highest BCUT2D eigenvalue weighted by Gasteiger charge is 2.20. The van der Waals surface area contributed by atoms with Crippen molar-refractivity contribution in [1.82, 2.24) is 0 Å². The van der Waals surface area contributed by atoms with Gasteiger partial charge in [-0.15, -0.1) is 0 Å². The SMILES string of the molecule is CCC(CC(C)CC(C)c1ccccc1)C(=O)O. The van der Waals surface area contributed by atoms with Crippen LogP contribution in [0.4, 0.5) is 0 Å². The van der Waals surface area contributed by atoms with Gasteiger partial charge in [-0.1, -0.05) is 51.1 Å². The maximum Gasteiger partial charge on any atom is 0.306 e. The van der Waals surface area contributed by atoms with Crippen LogP contribution in [-0.4, -0.2) is 11.1 Å². The predicted molar refractivity (Wildman–Crippen MR) is 74.7 cm³/mol. The Hall–Kier alpha value is -1.31. The minimum Gasteiger partial charge on any atom is -0.481 e. The molecule has 0 aliphatic heterocycles. The molecule has 0 heterocycles. The summed E-state index contributed by atoms with van der Waals surface area (Å²) in [7, 11) is 0. The quantitative estimate of drug-likeness (QED) is 0.780. The normalized spacial score (nSPS) is 15.9. The highest BCUT2D eigenvalue weighted by molar-refractivity contribution is 5.69. The van der Waals surface area contributed by atoms with Gasteiger partial charge in [-0.25, -0.2) is 0 Å². The lowest BCUT2D eigenvalue weighted by Gasteiger charge is -2.20. The third-order valence-corrected chi connectivity index (χ3v) is 3.65. The van der Waals surface area contributed by atoms with Gasteiger partial charge < -0.3 is 5.11 Å². The predicted octanol–water partition coefficient (Wildman–Crippen LogP) is 4.32. The van der Waals surface area contributed by atoms with Crippen LogP contribution in [0.2, 0.25) is 0 Å². The van der Waals surface area contributed by atoms with E-state index in [2.05, 4.69) is 38.1 Å². The first-order valence-electron chi connectivity index (χ1n) is 6.82. The van der Waals surface area contributed by atoms with E-state index in [1.807, 2.05) is 13.0 Å². The van der Waals surface area contributed by atoms with Crippen molar-refractivity contribution in [2.75, 3.05) is 0 Å². The number of benzene rings is 1. The van der Waals surface area contributed by atoms with E-state index in [9.17, 15) is 4.79 Å². The Morgan fingerprint density at radius 2 is 1.78 bits per heavy atom. The molecule has 0 aliphatic carbocycles. The number of rotatable bonds is 7. The first-order valence-corrected chi connectivity index (χ1v) is 6.82. The van der Waals surface area contributed by atoms with Crippen LogP contribution in [0.15, 0.2) is 30.3 Å². The third-order valence-electron chi connectivity index (χ3n) is 3.65. The number of carboxylic acid groups (broad SMARTS) is 1. The molecule has 0 bridgehead atoms. The average molecular weight is 248 g/mol. The first-order chi connectivity index (χ1) is 8.54. The third kappa shape index (κ3) is 4.52. The molecular formula is C16H24O2. The van der Waals surface area contributed by atoms with Gasteiger partial charge in [-0.3, -0.25) is 4.79 Å². The summed E-state index contributed by atoms with van der Waals surface area (Å²) in [6, 6.07) is 10.4. The minimum atomic E-state index is -0.656. The molecule has 100 valence electrons. The van der Waals surface area contributed by atoms with Gasteiger partial charge in [0.25, 0.3) is 0 Å². The molecule has 1 N–H and O–H groups in total. The summed E-state index contributed by atoms with van der Waals surface area (Å²) in [6.07, 6.45) is 2.55. The van der Waals surface area contributed by atoms with Crippen LogP contribution in [-0.2, 0) is 4.79 Å². The number of hydrogen-bond donors (Lipinski definition) is 1. The second-order valence-electron chi connectivity index (χ2n) is 5.33. The molecule has 0 fully saturated rings. The summed E-state index contributed by atoms with van der Waals surface area (Å²) in [4.78, 5) is 11.0. The van der Waals surface area contributed by atoms with Crippen molar-refractivity contribution < 1.29 is 9.90 Å². The second-order valence-corrected chi connectivity index (χ2v) is 5.33. The largest absolute Gasteiger partial charge is 0.481 e. The maximum atomic E-state index is 11.0. The van der Waals surface area contributed by atoms with Gasteiger partial charge >= 0.3 is 5.97 Å². The molecule has 0 spiro atoms. The highest BCUT2D eigenvalue weighted by atomic mass is 16.4. The van der Waals surface area contributed by atoms with Gasteiger partial charge in [-0.2, -0.15) is 0 Å². The summed E-state index contributed by atoms with van der Waals surface area (Å²) in [5.74, 6) is 0.0912. The molecule has 0 saturated heterocycles. The van der Waals surface area contributed by atoms with Gasteiger partial charge in [0, 0.05) is 0 Å². The molecule has 18 heavy (non-hydrogen) atoms. The topological polar surface area (TPSA) is 37.3 Å². The van der Waals surface area contributed by atoms with Crippen molar-refractivity contribution in [2.24, 2.45) is 11.8 Å². The summed E-state index contributed by atoms with van der Waals surface area (Å²) < 4.78 is 0. The zero-order valence-electron chi connectivity index (χ0n) is 11.6. The minimum absolute atomic E-state index is 0.192. The fraction of sp³-hybridized carbons (Fsp3) is 0.562. The number of carbonyl (C=O) groups is 1. The molecule has 0 amide bonds. The smallest absolute Gasteiger partial charge is 0.306 e. The lowest BCUT2D eigenvalue weighted by Crippen LogP contribution is -2.16. The van der Waals surface area contributed by atoms with Crippen molar-refractivity contribution in [3.63, 3.8) is 0 Å². The highest BCUT2D eigenvalue weighted by Crippen LogP contribution is 2.27. The Kier molecular flexibility index (Phi) is 5.90. The van der Waals surface area contributed by atoms with Crippen molar-refractivity contribution >= 4 is 5.97 Å². The molecule has 0 saturated carbocycles. The fourth-order valence-electron chi connectivity index (χ4n) is 2.55. The van der Waals surface area contributed by atoms with Gasteiger partial charge in [0.05, 0.1) is 5.92 Å². The molecule has 3 unspecified atom stereocenters. The molecule has 2 nitrogen and oxygen atoms in total. The second kappa shape index (κ2) is 7.20. The molecule has 0 aromatic heterocycles. The Balaban J connectivity index is 2.49. The number of aliphatic carboxylic acids is 1. The van der Waals surface area contributed by atoms with Gasteiger partial charge in [0.2, 0.25) is 0 Å². The molecule has 3 atom stereocenters. The van der Waals surface area contributed by atoms with Crippen LogP contribution in [0.25, 0.3) is 0 Å². The van der Waals surface area contributed by atoms with Crippen LogP contribution < -0.4 is 0 Å². The van der Waals surface area contributed by atoms with Gasteiger partial charge in [-0.05, 0) is 36.7 Å². The molecule has 1 aromatic rings. The maximum absolute atomic E-state index is 11.0. The van der Waals surface area contributed by atoms with E-state index in [1.54, 1.807) is 0 Å². The van der Waals surface area contributed by atoms with E-state index < -0.39 is 5.97 Å². The fourth-order valence-corrected chi connectivity index (χ4v) is 2.55. The van der Waals surface area contributed by atoms with Crippen molar-refractivity contribution in [3.05, 3.63) is 35.9 Å². The molecular weight excluding hydrogens is 224 g/mol. The lowest BCUT2D eigenvalue weighted by molar-refractivity contribution is -0.142. The Labute approximate surface area is 110 Å². The van der Waals surface area contributed by atoms with Crippen LogP contribution in [0.3, 0.4) is 0 Å². The first kappa shape index (κ1) is 14.7.